The van der Waals surface area contributed by atoms with E-state index in [4.69, 9.17) is 4.74 Å². The fraction of sp³-hybridized carbons (Fsp3) is 0.545. The normalized spacial score (nSPS) is 20.0. The van der Waals surface area contributed by atoms with Crippen LogP contribution in [0.1, 0.15) is 47.8 Å². The molecule has 6 nitrogen and oxygen atoms in total. The number of ether oxygens (including phenoxy) is 1. The van der Waals surface area contributed by atoms with E-state index >= 15 is 0 Å². The Kier molecular flexibility index (Phi) is 5.95. The Labute approximate surface area is 167 Å². The summed E-state index contributed by atoms with van der Waals surface area (Å²) in [7, 11) is 1.71. The van der Waals surface area contributed by atoms with Crippen LogP contribution in [0.25, 0.3) is 0 Å². The standard InChI is InChI=1S/C22H30N4O2/c1-28-16-15-25-14-10-23-21(25)19-5-4-13-26(17-19)22(27)18-6-8-20(9-7-18)24-11-2-3-12-24/h6-10,14,19H,2-5,11-13,15-17H2,1H3/t19-/m0/s1. The number of carbonyl (C=O) groups is 1. The molecular formula is C22H30N4O2. The van der Waals surface area contributed by atoms with Gasteiger partial charge in [-0.3, -0.25) is 4.79 Å². The van der Waals surface area contributed by atoms with E-state index in [1.807, 2.05) is 29.4 Å². The lowest BCUT2D eigenvalue weighted by atomic mass is 9.96. The minimum atomic E-state index is 0.132. The number of benzene rings is 1. The molecule has 1 aromatic heterocycles. The molecule has 150 valence electrons. The van der Waals surface area contributed by atoms with Gasteiger partial charge in [0.15, 0.2) is 0 Å². The van der Waals surface area contributed by atoms with E-state index in [0.717, 1.165) is 57.0 Å². The lowest BCUT2D eigenvalue weighted by Gasteiger charge is -2.33. The smallest absolute Gasteiger partial charge is 0.253 e. The molecule has 0 N–H and O–H groups in total. The zero-order chi connectivity index (χ0) is 19.3. The molecule has 0 bridgehead atoms. The van der Waals surface area contributed by atoms with E-state index in [1.54, 1.807) is 7.11 Å². The number of methoxy groups -OCH3 is 1. The van der Waals surface area contributed by atoms with Crippen molar-refractivity contribution in [2.45, 2.75) is 38.1 Å². The fourth-order valence-electron chi connectivity index (χ4n) is 4.40. The molecule has 28 heavy (non-hydrogen) atoms. The summed E-state index contributed by atoms with van der Waals surface area (Å²) in [4.78, 5) is 22.0. The van der Waals surface area contributed by atoms with Crippen molar-refractivity contribution in [2.75, 3.05) is 44.8 Å². The van der Waals surface area contributed by atoms with Crippen LogP contribution in [-0.4, -0.2) is 60.3 Å². The van der Waals surface area contributed by atoms with E-state index in [2.05, 4.69) is 26.6 Å². The molecule has 0 unspecified atom stereocenters. The van der Waals surface area contributed by atoms with Crippen LogP contribution < -0.4 is 4.90 Å². The Morgan fingerprint density at radius 2 is 1.93 bits per heavy atom. The molecule has 0 saturated carbocycles. The van der Waals surface area contributed by atoms with Crippen molar-refractivity contribution in [3.05, 3.63) is 48.0 Å². The summed E-state index contributed by atoms with van der Waals surface area (Å²) >= 11 is 0. The molecule has 2 aliphatic heterocycles. The van der Waals surface area contributed by atoms with Gasteiger partial charge >= 0.3 is 0 Å². The van der Waals surface area contributed by atoms with Gasteiger partial charge in [0.05, 0.1) is 6.61 Å². The van der Waals surface area contributed by atoms with E-state index in [1.165, 1.54) is 18.5 Å². The predicted octanol–water partition coefficient (Wildman–Crippen LogP) is 3.15. The zero-order valence-electron chi connectivity index (χ0n) is 16.7. The van der Waals surface area contributed by atoms with Gasteiger partial charge in [-0.25, -0.2) is 4.98 Å². The fourth-order valence-corrected chi connectivity index (χ4v) is 4.40. The second-order valence-electron chi connectivity index (χ2n) is 7.80. The number of hydrogen-bond acceptors (Lipinski definition) is 4. The van der Waals surface area contributed by atoms with E-state index in [9.17, 15) is 4.79 Å². The molecule has 0 radical (unpaired) electrons. The first-order chi connectivity index (χ1) is 13.8. The quantitative estimate of drug-likeness (QED) is 0.770. The van der Waals surface area contributed by atoms with Crippen molar-refractivity contribution in [3.63, 3.8) is 0 Å². The van der Waals surface area contributed by atoms with Gasteiger partial charge in [0, 0.05) is 69.4 Å². The molecule has 4 rings (SSSR count). The summed E-state index contributed by atoms with van der Waals surface area (Å²) in [5.41, 5.74) is 2.01. The summed E-state index contributed by atoms with van der Waals surface area (Å²) in [6, 6.07) is 8.16. The summed E-state index contributed by atoms with van der Waals surface area (Å²) in [5, 5.41) is 0. The number of nitrogens with zero attached hydrogens (tertiary/aromatic N) is 4. The molecular weight excluding hydrogens is 352 g/mol. The van der Waals surface area contributed by atoms with Gasteiger partial charge in [0.25, 0.3) is 5.91 Å². The minimum absolute atomic E-state index is 0.132. The van der Waals surface area contributed by atoms with Crippen LogP contribution in [0.3, 0.4) is 0 Å². The van der Waals surface area contributed by atoms with Crippen molar-refractivity contribution < 1.29 is 9.53 Å². The lowest BCUT2D eigenvalue weighted by Crippen LogP contribution is -2.39. The average molecular weight is 383 g/mol. The molecule has 2 saturated heterocycles. The molecule has 1 amide bonds. The van der Waals surface area contributed by atoms with E-state index in [0.29, 0.717) is 6.61 Å². The van der Waals surface area contributed by atoms with Crippen LogP contribution in [0.15, 0.2) is 36.7 Å². The van der Waals surface area contributed by atoms with Crippen molar-refractivity contribution in [1.29, 1.82) is 0 Å². The van der Waals surface area contributed by atoms with Crippen molar-refractivity contribution in [2.24, 2.45) is 0 Å². The Bertz CT molecular complexity index is 780. The van der Waals surface area contributed by atoms with Gasteiger partial charge in [-0.2, -0.15) is 0 Å². The number of likely N-dealkylation sites (tertiary alicyclic amines) is 1. The summed E-state index contributed by atoms with van der Waals surface area (Å²) < 4.78 is 7.36. The maximum absolute atomic E-state index is 13.1. The number of aromatic nitrogens is 2. The number of imidazole rings is 1. The zero-order valence-corrected chi connectivity index (χ0v) is 16.7. The Morgan fingerprint density at radius 3 is 2.68 bits per heavy atom. The second kappa shape index (κ2) is 8.78. The number of amides is 1. The van der Waals surface area contributed by atoms with Gasteiger partial charge in [-0.15, -0.1) is 0 Å². The highest BCUT2D eigenvalue weighted by Gasteiger charge is 2.28. The average Bonchev–Trinajstić information content (AvgIpc) is 3.44. The third-order valence-electron chi connectivity index (χ3n) is 5.94. The summed E-state index contributed by atoms with van der Waals surface area (Å²) in [6.45, 7) is 5.27. The van der Waals surface area contributed by atoms with Gasteiger partial charge in [0.1, 0.15) is 5.82 Å². The summed E-state index contributed by atoms with van der Waals surface area (Å²) in [5.74, 6) is 1.49. The monoisotopic (exact) mass is 382 g/mol. The third-order valence-corrected chi connectivity index (χ3v) is 5.94. The van der Waals surface area contributed by atoms with E-state index < -0.39 is 0 Å². The first-order valence-electron chi connectivity index (χ1n) is 10.4. The van der Waals surface area contributed by atoms with Crippen LogP contribution in [-0.2, 0) is 11.3 Å². The van der Waals surface area contributed by atoms with Gasteiger partial charge in [-0.05, 0) is 49.9 Å². The number of rotatable bonds is 6. The number of piperidine rings is 1. The molecule has 2 aliphatic rings. The summed E-state index contributed by atoms with van der Waals surface area (Å²) in [6.07, 6.45) is 8.46. The Hall–Kier alpha value is -2.34. The largest absolute Gasteiger partial charge is 0.383 e. The van der Waals surface area contributed by atoms with Crippen LogP contribution in [0.2, 0.25) is 0 Å². The number of anilines is 1. The highest BCUT2D eigenvalue weighted by Crippen LogP contribution is 2.27. The Morgan fingerprint density at radius 1 is 1.14 bits per heavy atom. The predicted molar refractivity (Wildman–Crippen MR) is 110 cm³/mol. The minimum Gasteiger partial charge on any atom is -0.383 e. The highest BCUT2D eigenvalue weighted by molar-refractivity contribution is 5.94. The maximum atomic E-state index is 13.1. The SMILES string of the molecule is COCCn1ccnc1[C@H]1CCCN(C(=O)c2ccc(N3CCCC3)cc2)C1. The first-order valence-corrected chi connectivity index (χ1v) is 10.4. The van der Waals surface area contributed by atoms with Gasteiger partial charge in [-0.1, -0.05) is 0 Å². The molecule has 6 heteroatoms. The first kappa shape index (κ1) is 19.0. The lowest BCUT2D eigenvalue weighted by molar-refractivity contribution is 0.0702. The molecule has 1 atom stereocenters. The molecule has 2 aromatic rings. The van der Waals surface area contributed by atoms with Crippen molar-refractivity contribution in [1.82, 2.24) is 14.5 Å². The third kappa shape index (κ3) is 4.07. The highest BCUT2D eigenvalue weighted by atomic mass is 16.5. The van der Waals surface area contributed by atoms with Gasteiger partial charge in [0.2, 0.25) is 0 Å². The topological polar surface area (TPSA) is 50.6 Å². The molecule has 0 aliphatic carbocycles. The molecule has 1 aromatic carbocycles. The molecule has 3 heterocycles. The second-order valence-corrected chi connectivity index (χ2v) is 7.80. The Balaban J connectivity index is 1.42. The molecule has 0 spiro atoms. The van der Waals surface area contributed by atoms with E-state index in [-0.39, 0.29) is 11.8 Å². The van der Waals surface area contributed by atoms with Crippen LogP contribution in [0.5, 0.6) is 0 Å². The molecule has 2 fully saturated rings. The van der Waals surface area contributed by atoms with Crippen molar-refractivity contribution >= 4 is 11.6 Å². The van der Waals surface area contributed by atoms with Crippen LogP contribution >= 0.6 is 0 Å². The van der Waals surface area contributed by atoms with Gasteiger partial charge < -0.3 is 19.1 Å². The number of carbonyl (C=O) groups excluding carboxylic acids is 1. The van der Waals surface area contributed by atoms with Crippen LogP contribution in [0, 0.1) is 0 Å². The maximum Gasteiger partial charge on any atom is 0.253 e. The van der Waals surface area contributed by atoms with Crippen LogP contribution in [0.4, 0.5) is 5.69 Å². The number of hydrogen-bond donors (Lipinski definition) is 0. The van der Waals surface area contributed by atoms with Crippen molar-refractivity contribution in [3.8, 4) is 0 Å².